The van der Waals surface area contributed by atoms with E-state index in [1.807, 2.05) is 55.5 Å². The van der Waals surface area contributed by atoms with Crippen molar-refractivity contribution < 1.29 is 14.3 Å². The Morgan fingerprint density at radius 1 is 1.16 bits per heavy atom. The van der Waals surface area contributed by atoms with Crippen LogP contribution in [0.25, 0.3) is 27.3 Å². The van der Waals surface area contributed by atoms with E-state index in [0.717, 1.165) is 37.1 Å². The fraction of sp³-hybridized carbons (Fsp3) is 0.130. The van der Waals surface area contributed by atoms with Crippen molar-refractivity contribution in [3.05, 3.63) is 75.3 Å². The van der Waals surface area contributed by atoms with Gasteiger partial charge in [-0.15, -0.1) is 16.4 Å². The number of rotatable bonds is 5. The largest absolute Gasteiger partial charge is 0.488 e. The van der Waals surface area contributed by atoms with Gasteiger partial charge >= 0.3 is 5.97 Å². The highest BCUT2D eigenvalue weighted by Crippen LogP contribution is 2.33. The predicted octanol–water partition coefficient (Wildman–Crippen LogP) is 5.44. The van der Waals surface area contributed by atoms with E-state index in [4.69, 9.17) is 14.5 Å². The van der Waals surface area contributed by atoms with Crippen LogP contribution < -0.4 is 4.74 Å². The number of hydrogen-bond donors (Lipinski definition) is 0. The minimum absolute atomic E-state index is 0.372. The molecule has 0 unspecified atom stereocenters. The molecule has 0 aliphatic carbocycles. The molecular weight excluding hydrogens is 492 g/mol. The fourth-order valence-electron chi connectivity index (χ4n) is 3.42. The van der Waals surface area contributed by atoms with Crippen molar-refractivity contribution in [2.75, 3.05) is 7.11 Å². The zero-order chi connectivity index (χ0) is 22.2. The van der Waals surface area contributed by atoms with Crippen molar-refractivity contribution in [3.63, 3.8) is 0 Å². The summed E-state index contributed by atoms with van der Waals surface area (Å²) in [5.74, 6) is 1.01. The maximum Gasteiger partial charge on any atom is 0.348 e. The van der Waals surface area contributed by atoms with E-state index in [1.165, 1.54) is 18.4 Å². The van der Waals surface area contributed by atoms with E-state index in [9.17, 15) is 4.79 Å². The van der Waals surface area contributed by atoms with Gasteiger partial charge in [-0.1, -0.05) is 36.4 Å². The summed E-state index contributed by atoms with van der Waals surface area (Å²) in [6.45, 7) is 2.33. The number of carbonyl (C=O) groups is 1. The van der Waals surface area contributed by atoms with Crippen LogP contribution in [0.3, 0.4) is 0 Å². The molecule has 32 heavy (non-hydrogen) atoms. The van der Waals surface area contributed by atoms with Crippen molar-refractivity contribution in [1.82, 2.24) is 19.6 Å². The van der Waals surface area contributed by atoms with E-state index in [2.05, 4.69) is 26.0 Å². The van der Waals surface area contributed by atoms with Crippen LogP contribution in [0.1, 0.15) is 20.8 Å². The van der Waals surface area contributed by atoms with Crippen LogP contribution in [0, 0.1) is 6.92 Å². The molecule has 9 heteroatoms. The van der Waals surface area contributed by atoms with Crippen molar-refractivity contribution >= 4 is 49.1 Å². The third kappa shape index (κ3) is 3.63. The van der Waals surface area contributed by atoms with Gasteiger partial charge in [0.15, 0.2) is 11.5 Å². The quantitative estimate of drug-likeness (QED) is 0.294. The number of hydrogen-bond acceptors (Lipinski definition) is 7. The highest BCUT2D eigenvalue weighted by molar-refractivity contribution is 9.10. The van der Waals surface area contributed by atoms with Crippen LogP contribution in [-0.4, -0.2) is 32.7 Å². The molecule has 0 saturated carbocycles. The number of thiophene rings is 1. The first-order valence-electron chi connectivity index (χ1n) is 9.74. The first kappa shape index (κ1) is 20.6. The standard InChI is InChI=1S/C23H17BrN4O3S/c1-13-18-21-26-20(27-28(21)12-25-22(18)32-19(13)23(29)30-2)15-9-7-14(8-10-15)11-31-17-6-4-3-5-16(17)24/h3-10,12H,11H2,1-2H3. The zero-order valence-corrected chi connectivity index (χ0v) is 19.6. The smallest absolute Gasteiger partial charge is 0.348 e. The van der Waals surface area contributed by atoms with Crippen LogP contribution in [0.5, 0.6) is 5.75 Å². The summed E-state index contributed by atoms with van der Waals surface area (Å²) >= 11 is 4.79. The number of benzene rings is 2. The minimum atomic E-state index is -0.372. The Morgan fingerprint density at radius 2 is 1.94 bits per heavy atom. The number of fused-ring (bicyclic) bond motifs is 3. The Labute approximate surface area is 195 Å². The molecule has 0 aliphatic heterocycles. The second-order valence-electron chi connectivity index (χ2n) is 7.09. The third-order valence-electron chi connectivity index (χ3n) is 5.08. The summed E-state index contributed by atoms with van der Waals surface area (Å²) in [6, 6.07) is 15.7. The second-order valence-corrected chi connectivity index (χ2v) is 8.95. The van der Waals surface area contributed by atoms with Gasteiger partial charge in [0.1, 0.15) is 28.4 Å². The van der Waals surface area contributed by atoms with Gasteiger partial charge in [0, 0.05) is 5.56 Å². The number of ether oxygens (including phenoxy) is 2. The average molecular weight is 509 g/mol. The molecule has 0 N–H and O–H groups in total. The van der Waals surface area contributed by atoms with E-state index < -0.39 is 0 Å². The fourth-order valence-corrected chi connectivity index (χ4v) is 4.88. The molecule has 0 radical (unpaired) electrons. The lowest BCUT2D eigenvalue weighted by Crippen LogP contribution is -1.99. The molecule has 0 amide bonds. The molecule has 0 atom stereocenters. The van der Waals surface area contributed by atoms with Crippen LogP contribution in [-0.2, 0) is 11.3 Å². The Bertz CT molecular complexity index is 1460. The van der Waals surface area contributed by atoms with Crippen LogP contribution in [0.2, 0.25) is 0 Å². The molecule has 7 nitrogen and oxygen atoms in total. The number of esters is 1. The van der Waals surface area contributed by atoms with Crippen molar-refractivity contribution in [2.24, 2.45) is 0 Å². The molecule has 0 spiro atoms. The zero-order valence-electron chi connectivity index (χ0n) is 17.2. The van der Waals surface area contributed by atoms with Gasteiger partial charge in [-0.3, -0.25) is 0 Å². The number of aryl methyl sites for hydroxylation is 1. The molecule has 5 rings (SSSR count). The summed E-state index contributed by atoms with van der Waals surface area (Å²) in [5.41, 5.74) is 3.38. The van der Waals surface area contributed by atoms with E-state index in [-0.39, 0.29) is 5.97 Å². The van der Waals surface area contributed by atoms with Gasteiger partial charge in [0.2, 0.25) is 0 Å². The monoisotopic (exact) mass is 508 g/mol. The number of aromatic nitrogens is 4. The topological polar surface area (TPSA) is 78.6 Å². The Morgan fingerprint density at radius 3 is 2.69 bits per heavy atom. The van der Waals surface area contributed by atoms with Crippen molar-refractivity contribution in [2.45, 2.75) is 13.5 Å². The number of carbonyl (C=O) groups excluding carboxylic acids is 1. The van der Waals surface area contributed by atoms with Gasteiger partial charge in [0.05, 0.1) is 17.0 Å². The minimum Gasteiger partial charge on any atom is -0.488 e. The van der Waals surface area contributed by atoms with Gasteiger partial charge < -0.3 is 9.47 Å². The van der Waals surface area contributed by atoms with Crippen LogP contribution >= 0.6 is 27.3 Å². The number of nitrogens with zero attached hydrogens (tertiary/aromatic N) is 4. The molecule has 0 saturated heterocycles. The highest BCUT2D eigenvalue weighted by Gasteiger charge is 2.20. The average Bonchev–Trinajstić information content (AvgIpc) is 3.39. The van der Waals surface area contributed by atoms with Crippen molar-refractivity contribution in [1.29, 1.82) is 0 Å². The molecular formula is C23H17BrN4O3S. The van der Waals surface area contributed by atoms with E-state index in [1.54, 1.807) is 10.8 Å². The third-order valence-corrected chi connectivity index (χ3v) is 6.92. The maximum atomic E-state index is 12.1. The summed E-state index contributed by atoms with van der Waals surface area (Å²) in [4.78, 5) is 22.5. The molecule has 2 aromatic carbocycles. The van der Waals surface area contributed by atoms with Crippen LogP contribution in [0.4, 0.5) is 0 Å². The normalized spacial score (nSPS) is 11.2. The first-order chi connectivity index (χ1) is 15.5. The van der Waals surface area contributed by atoms with Gasteiger partial charge in [-0.2, -0.15) is 0 Å². The lowest BCUT2D eigenvalue weighted by atomic mass is 10.1. The molecule has 3 aromatic heterocycles. The number of methoxy groups -OCH3 is 1. The number of halogens is 1. The predicted molar refractivity (Wildman–Crippen MR) is 126 cm³/mol. The summed E-state index contributed by atoms with van der Waals surface area (Å²) in [6.07, 6.45) is 1.62. The highest BCUT2D eigenvalue weighted by atomic mass is 79.9. The van der Waals surface area contributed by atoms with Crippen molar-refractivity contribution in [3.8, 4) is 17.1 Å². The molecule has 5 aromatic rings. The molecule has 160 valence electrons. The van der Waals surface area contributed by atoms with Crippen LogP contribution in [0.15, 0.2) is 59.3 Å². The summed E-state index contributed by atoms with van der Waals surface area (Å²) in [5, 5.41) is 5.39. The first-order valence-corrected chi connectivity index (χ1v) is 11.4. The SMILES string of the molecule is COC(=O)c1sc2ncn3nc(-c4ccc(COc5ccccc5Br)cc4)nc3c2c1C. The van der Waals surface area contributed by atoms with E-state index >= 15 is 0 Å². The maximum absolute atomic E-state index is 12.1. The molecule has 0 fully saturated rings. The Balaban J connectivity index is 1.44. The van der Waals surface area contributed by atoms with E-state index in [0.29, 0.717) is 23.0 Å². The number of para-hydroxylation sites is 1. The molecule has 0 aliphatic rings. The summed E-state index contributed by atoms with van der Waals surface area (Å²) < 4.78 is 13.3. The molecule has 3 heterocycles. The summed E-state index contributed by atoms with van der Waals surface area (Å²) in [7, 11) is 1.37. The Kier molecular flexibility index (Phi) is 5.36. The van der Waals surface area contributed by atoms with Gasteiger partial charge in [-0.25, -0.2) is 19.3 Å². The van der Waals surface area contributed by atoms with Gasteiger partial charge in [-0.05, 0) is 46.1 Å². The van der Waals surface area contributed by atoms with Gasteiger partial charge in [0.25, 0.3) is 0 Å². The second kappa shape index (κ2) is 8.33. The lowest BCUT2D eigenvalue weighted by Gasteiger charge is -2.08. The lowest BCUT2D eigenvalue weighted by molar-refractivity contribution is 0.0605. The molecule has 0 bridgehead atoms. The Hall–Kier alpha value is -3.30.